The van der Waals surface area contributed by atoms with Crippen LogP contribution in [0.2, 0.25) is 0 Å². The minimum atomic E-state index is 0.0680. The topological polar surface area (TPSA) is 58.1 Å². The fourth-order valence-electron chi connectivity index (χ4n) is 5.05. The first-order valence-corrected chi connectivity index (χ1v) is 11.7. The Morgan fingerprint density at radius 3 is 2.69 bits per heavy atom. The molecular formula is C27H30N4O. The summed E-state index contributed by atoms with van der Waals surface area (Å²) in [5.74, 6) is 1.21. The summed E-state index contributed by atoms with van der Waals surface area (Å²) >= 11 is 0. The van der Waals surface area contributed by atoms with Gasteiger partial charge in [-0.05, 0) is 56.2 Å². The summed E-state index contributed by atoms with van der Waals surface area (Å²) in [5, 5.41) is 3.35. The van der Waals surface area contributed by atoms with Crippen LogP contribution in [0.3, 0.4) is 0 Å². The molecule has 1 aliphatic heterocycles. The lowest BCUT2D eigenvalue weighted by atomic mass is 9.87. The molecule has 1 atom stereocenters. The molecule has 0 spiro atoms. The quantitative estimate of drug-likeness (QED) is 0.647. The lowest BCUT2D eigenvalue weighted by molar-refractivity contribution is -0.126. The van der Waals surface area contributed by atoms with Crippen LogP contribution in [0.15, 0.2) is 60.9 Å². The van der Waals surface area contributed by atoms with Crippen molar-refractivity contribution in [3.05, 3.63) is 77.6 Å². The molecule has 0 saturated carbocycles. The number of hydrogen-bond donors (Lipinski definition) is 1. The maximum absolute atomic E-state index is 13.0. The lowest BCUT2D eigenvalue weighted by Crippen LogP contribution is -2.42. The smallest absolute Gasteiger partial charge is 0.223 e. The normalized spacial score (nSPS) is 18.8. The van der Waals surface area contributed by atoms with Gasteiger partial charge in [-0.3, -0.25) is 4.79 Å². The predicted molar refractivity (Wildman–Crippen MR) is 127 cm³/mol. The summed E-state index contributed by atoms with van der Waals surface area (Å²) in [6, 6.07) is 19.1. The van der Waals surface area contributed by atoms with Crippen molar-refractivity contribution in [2.75, 3.05) is 18.0 Å². The molecule has 3 aromatic rings. The summed E-state index contributed by atoms with van der Waals surface area (Å²) < 4.78 is 0. The van der Waals surface area contributed by atoms with Crippen LogP contribution >= 0.6 is 0 Å². The Balaban J connectivity index is 1.21. The lowest BCUT2D eigenvalue weighted by Gasteiger charge is -2.34. The molecule has 1 aliphatic carbocycles. The maximum Gasteiger partial charge on any atom is 0.223 e. The van der Waals surface area contributed by atoms with Gasteiger partial charge in [-0.1, -0.05) is 48.0 Å². The van der Waals surface area contributed by atoms with E-state index in [0.717, 1.165) is 62.3 Å². The van der Waals surface area contributed by atoms with Crippen molar-refractivity contribution >= 4 is 11.7 Å². The van der Waals surface area contributed by atoms with Gasteiger partial charge in [0.05, 0.1) is 11.7 Å². The number of aromatic nitrogens is 2. The number of fused-ring (bicyclic) bond motifs is 1. The number of benzene rings is 2. The number of nitrogens with one attached hydrogen (secondary N) is 1. The number of carbonyl (C=O) groups is 1. The van der Waals surface area contributed by atoms with Crippen LogP contribution in [0.4, 0.5) is 5.82 Å². The van der Waals surface area contributed by atoms with Crippen molar-refractivity contribution < 1.29 is 4.79 Å². The summed E-state index contributed by atoms with van der Waals surface area (Å²) in [5.41, 5.74) is 5.95. The molecule has 1 saturated heterocycles. The molecule has 1 N–H and O–H groups in total. The number of rotatable bonds is 4. The zero-order valence-corrected chi connectivity index (χ0v) is 18.6. The third kappa shape index (κ3) is 4.38. The van der Waals surface area contributed by atoms with Gasteiger partial charge in [-0.15, -0.1) is 0 Å². The van der Waals surface area contributed by atoms with E-state index in [-0.39, 0.29) is 17.9 Å². The van der Waals surface area contributed by atoms with Crippen LogP contribution < -0.4 is 10.2 Å². The third-order valence-corrected chi connectivity index (χ3v) is 6.84. The molecule has 1 fully saturated rings. The molecule has 5 nitrogen and oxygen atoms in total. The van der Waals surface area contributed by atoms with Crippen LogP contribution in [0.1, 0.15) is 48.4 Å². The van der Waals surface area contributed by atoms with E-state index in [1.165, 1.54) is 16.7 Å². The Hall–Kier alpha value is -3.21. The average molecular weight is 427 g/mol. The molecule has 1 amide bonds. The predicted octanol–water partition coefficient (Wildman–Crippen LogP) is 4.86. The first-order chi connectivity index (χ1) is 15.7. The molecule has 0 unspecified atom stereocenters. The van der Waals surface area contributed by atoms with Crippen molar-refractivity contribution in [1.29, 1.82) is 0 Å². The number of nitrogens with zero attached hydrogens (tertiary/aromatic N) is 3. The van der Waals surface area contributed by atoms with Crippen molar-refractivity contribution in [2.45, 2.75) is 45.1 Å². The van der Waals surface area contributed by atoms with E-state index in [2.05, 4.69) is 81.7 Å². The van der Waals surface area contributed by atoms with Gasteiger partial charge in [-0.2, -0.15) is 0 Å². The molecule has 2 aliphatic rings. The third-order valence-electron chi connectivity index (χ3n) is 6.84. The molecule has 164 valence electrons. The maximum atomic E-state index is 13.0. The van der Waals surface area contributed by atoms with Crippen molar-refractivity contribution in [2.24, 2.45) is 5.92 Å². The molecular weight excluding hydrogens is 396 g/mol. The van der Waals surface area contributed by atoms with E-state index in [1.807, 2.05) is 0 Å². The highest BCUT2D eigenvalue weighted by Crippen LogP contribution is 2.31. The Labute approximate surface area is 189 Å². The van der Waals surface area contributed by atoms with Crippen molar-refractivity contribution in [1.82, 2.24) is 15.3 Å². The van der Waals surface area contributed by atoms with Crippen LogP contribution in [0.5, 0.6) is 0 Å². The minimum absolute atomic E-state index is 0.0680. The molecule has 0 radical (unpaired) electrons. The zero-order chi connectivity index (χ0) is 21.9. The van der Waals surface area contributed by atoms with E-state index in [4.69, 9.17) is 0 Å². The Bertz CT molecular complexity index is 1100. The Morgan fingerprint density at radius 2 is 1.84 bits per heavy atom. The molecule has 1 aromatic heterocycles. The highest BCUT2D eigenvalue weighted by atomic mass is 16.1. The zero-order valence-electron chi connectivity index (χ0n) is 18.6. The second kappa shape index (κ2) is 9.11. The molecule has 0 bridgehead atoms. The first-order valence-electron chi connectivity index (χ1n) is 11.7. The average Bonchev–Trinajstić information content (AvgIpc) is 2.84. The Kier molecular flexibility index (Phi) is 5.89. The highest BCUT2D eigenvalue weighted by molar-refractivity contribution is 5.79. The molecule has 32 heavy (non-hydrogen) atoms. The van der Waals surface area contributed by atoms with E-state index in [0.29, 0.717) is 0 Å². The van der Waals surface area contributed by atoms with Gasteiger partial charge in [0.15, 0.2) is 0 Å². The van der Waals surface area contributed by atoms with Gasteiger partial charge in [-0.25, -0.2) is 9.97 Å². The summed E-state index contributed by atoms with van der Waals surface area (Å²) in [4.78, 5) is 24.3. The number of carbonyl (C=O) groups excluding carboxylic acids is 1. The van der Waals surface area contributed by atoms with Gasteiger partial charge in [0.1, 0.15) is 12.1 Å². The van der Waals surface area contributed by atoms with Gasteiger partial charge in [0.25, 0.3) is 0 Å². The van der Waals surface area contributed by atoms with Crippen molar-refractivity contribution in [3.8, 4) is 11.3 Å². The molecule has 2 aromatic carbocycles. The van der Waals surface area contributed by atoms with E-state index in [9.17, 15) is 4.79 Å². The van der Waals surface area contributed by atoms with Crippen LogP contribution in [0, 0.1) is 12.8 Å². The van der Waals surface area contributed by atoms with Crippen molar-refractivity contribution in [3.63, 3.8) is 0 Å². The molecule has 2 heterocycles. The van der Waals surface area contributed by atoms with E-state index < -0.39 is 0 Å². The summed E-state index contributed by atoms with van der Waals surface area (Å²) in [6.45, 7) is 3.76. The second-order valence-corrected chi connectivity index (χ2v) is 9.04. The van der Waals surface area contributed by atoms with Crippen LogP contribution in [-0.4, -0.2) is 29.0 Å². The van der Waals surface area contributed by atoms with Gasteiger partial charge >= 0.3 is 0 Å². The SMILES string of the molecule is Cc1cccc(-c2cc(N3CCC(C(=O)N[C@@H]4CCCc5ccccc54)CC3)ncn2)c1. The van der Waals surface area contributed by atoms with Crippen LogP contribution in [0.25, 0.3) is 11.3 Å². The van der Waals surface area contributed by atoms with E-state index >= 15 is 0 Å². The fourth-order valence-corrected chi connectivity index (χ4v) is 5.05. The highest BCUT2D eigenvalue weighted by Gasteiger charge is 2.29. The molecule has 5 rings (SSSR count). The Morgan fingerprint density at radius 1 is 1.00 bits per heavy atom. The summed E-state index contributed by atoms with van der Waals surface area (Å²) in [6.07, 6.45) is 6.63. The number of amides is 1. The van der Waals surface area contributed by atoms with Gasteiger partial charge in [0, 0.05) is 30.6 Å². The largest absolute Gasteiger partial charge is 0.356 e. The number of hydrogen-bond acceptors (Lipinski definition) is 4. The number of piperidine rings is 1. The van der Waals surface area contributed by atoms with E-state index in [1.54, 1.807) is 6.33 Å². The van der Waals surface area contributed by atoms with Crippen LogP contribution in [-0.2, 0) is 11.2 Å². The number of aryl methyl sites for hydroxylation is 2. The second-order valence-electron chi connectivity index (χ2n) is 9.04. The summed E-state index contributed by atoms with van der Waals surface area (Å²) in [7, 11) is 0. The monoisotopic (exact) mass is 426 g/mol. The van der Waals surface area contributed by atoms with Gasteiger partial charge < -0.3 is 10.2 Å². The standard InChI is InChI=1S/C27H30N4O/c1-19-6-4-9-22(16-19)25-17-26(29-18-28-25)31-14-12-21(13-15-31)27(32)30-24-11-5-8-20-7-2-3-10-23(20)24/h2-4,6-7,9-10,16-18,21,24H,5,8,11-15H2,1H3,(H,30,32)/t24-/m1/s1. The minimum Gasteiger partial charge on any atom is -0.356 e. The number of anilines is 1. The fraction of sp³-hybridized carbons (Fsp3) is 0.370. The molecule has 5 heteroatoms. The van der Waals surface area contributed by atoms with Gasteiger partial charge in [0.2, 0.25) is 5.91 Å². The first kappa shape index (κ1) is 20.7.